The van der Waals surface area contributed by atoms with Gasteiger partial charge in [-0.3, -0.25) is 0 Å². The van der Waals surface area contributed by atoms with E-state index in [1.54, 1.807) is 30.3 Å². The lowest BCUT2D eigenvalue weighted by Gasteiger charge is -2.35. The van der Waals surface area contributed by atoms with Crippen LogP contribution in [-0.4, -0.2) is 63.3 Å². The first-order valence-electron chi connectivity index (χ1n) is 9.37. The third kappa shape index (κ3) is 4.81. The van der Waals surface area contributed by atoms with Crippen LogP contribution in [-0.2, 0) is 9.84 Å². The van der Waals surface area contributed by atoms with Gasteiger partial charge in [-0.2, -0.15) is 9.37 Å². The Morgan fingerprint density at radius 3 is 2.31 bits per heavy atom. The second-order valence-corrected chi connectivity index (χ2v) is 8.76. The number of likely N-dealkylation sites (N-methyl/N-ethyl adjacent to an activating group) is 1. The van der Waals surface area contributed by atoms with E-state index in [4.69, 9.17) is 0 Å². The predicted octanol–water partition coefficient (Wildman–Crippen LogP) is 2.53. The van der Waals surface area contributed by atoms with Crippen LogP contribution < -0.4 is 10.2 Å². The van der Waals surface area contributed by atoms with Gasteiger partial charge in [0.15, 0.2) is 27.3 Å². The molecule has 0 amide bonds. The average molecular weight is 428 g/mol. The largest absolute Gasteiger partial charge is 0.384 e. The lowest BCUT2D eigenvalue weighted by Crippen LogP contribution is -2.47. The first kappa shape index (κ1) is 21.4. The van der Waals surface area contributed by atoms with Gasteiger partial charge in [-0.15, -0.1) is 0 Å². The van der Waals surface area contributed by atoms with E-state index in [0.29, 0.717) is 31.9 Å². The van der Waals surface area contributed by atoms with Crippen molar-refractivity contribution in [2.24, 2.45) is 0 Å². The summed E-state index contributed by atoms with van der Waals surface area (Å²) in [6.07, 6.45) is 0. The highest BCUT2D eigenvalue weighted by atomic mass is 32.2. The molecule has 1 aliphatic rings. The van der Waals surface area contributed by atoms with Crippen LogP contribution in [0.15, 0.2) is 35.2 Å². The number of nitrogens with zero attached hydrogens (tertiary/aromatic N) is 3. The minimum Gasteiger partial charge on any atom is -0.384 e. The van der Waals surface area contributed by atoms with Gasteiger partial charge < -0.3 is 15.1 Å². The van der Waals surface area contributed by atoms with E-state index in [1.165, 1.54) is 4.90 Å². The van der Waals surface area contributed by atoms with E-state index in [2.05, 4.69) is 15.2 Å². The molecule has 1 fully saturated rings. The fraction of sp³-hybridized carbons (Fsp3) is 0.421. The number of hydrogen-bond donors (Lipinski definition) is 1. The van der Waals surface area contributed by atoms with Gasteiger partial charge in [0, 0.05) is 38.4 Å². The summed E-state index contributed by atoms with van der Waals surface area (Å²) in [5.41, 5.74) is 0.666. The van der Waals surface area contributed by atoms with Crippen molar-refractivity contribution >= 4 is 21.3 Å². The van der Waals surface area contributed by atoms with E-state index in [-0.39, 0.29) is 6.54 Å². The Balaban J connectivity index is 1.83. The third-order valence-corrected chi connectivity index (χ3v) is 6.61. The quantitative estimate of drug-likeness (QED) is 0.684. The Kier molecular flexibility index (Phi) is 6.63. The maximum Gasteiger partial charge on any atom is 0.252 e. The van der Waals surface area contributed by atoms with Crippen LogP contribution in [0.3, 0.4) is 0 Å². The van der Waals surface area contributed by atoms with Crippen molar-refractivity contribution in [2.75, 3.05) is 55.2 Å². The van der Waals surface area contributed by atoms with Crippen LogP contribution in [0.1, 0.15) is 6.92 Å². The van der Waals surface area contributed by atoms with E-state index < -0.39 is 43.9 Å². The van der Waals surface area contributed by atoms with Gasteiger partial charge >= 0.3 is 0 Å². The molecule has 0 aliphatic carbocycles. The first-order chi connectivity index (χ1) is 13.8. The molecule has 3 rings (SSSR count). The zero-order chi connectivity index (χ0) is 21.0. The predicted molar refractivity (Wildman–Crippen MR) is 105 cm³/mol. The van der Waals surface area contributed by atoms with E-state index in [9.17, 15) is 21.6 Å². The Bertz CT molecular complexity index is 950. The smallest absolute Gasteiger partial charge is 0.252 e. The van der Waals surface area contributed by atoms with E-state index in [0.717, 1.165) is 6.54 Å². The summed E-state index contributed by atoms with van der Waals surface area (Å²) in [6, 6.07) is 8.79. The molecule has 1 aliphatic heterocycles. The van der Waals surface area contributed by atoms with E-state index >= 15 is 0 Å². The summed E-state index contributed by atoms with van der Waals surface area (Å²) >= 11 is 0. The van der Waals surface area contributed by atoms with Gasteiger partial charge in [-0.25, -0.2) is 17.2 Å². The second-order valence-electron chi connectivity index (χ2n) is 6.72. The van der Waals surface area contributed by atoms with Crippen molar-refractivity contribution in [1.82, 2.24) is 9.88 Å². The number of rotatable bonds is 7. The molecule has 0 bridgehead atoms. The summed E-state index contributed by atoms with van der Waals surface area (Å²) in [5.74, 6) is -5.79. The standard InChI is InChI=1S/C19H23F3N4O2S/c1-2-25-9-11-26(12-10-25)19-16(21)17(15(20)18(22)24-19)29(27,28)13-8-23-14-6-4-3-5-7-14/h3-7,23H,2,8-13H2,1H3. The molecule has 0 spiro atoms. The molecule has 158 valence electrons. The van der Waals surface area contributed by atoms with Gasteiger partial charge in [0.25, 0.3) is 5.95 Å². The number of anilines is 2. The van der Waals surface area contributed by atoms with Crippen LogP contribution in [0.5, 0.6) is 0 Å². The molecule has 10 heteroatoms. The number of piperazine rings is 1. The minimum atomic E-state index is -4.42. The molecule has 29 heavy (non-hydrogen) atoms. The fourth-order valence-electron chi connectivity index (χ4n) is 3.23. The van der Waals surface area contributed by atoms with Gasteiger partial charge in [0.05, 0.1) is 5.75 Å². The summed E-state index contributed by atoms with van der Waals surface area (Å²) in [5, 5.41) is 2.86. The summed E-state index contributed by atoms with van der Waals surface area (Å²) in [7, 11) is -4.42. The number of sulfone groups is 1. The van der Waals surface area contributed by atoms with Crippen LogP contribution in [0.4, 0.5) is 24.7 Å². The average Bonchev–Trinajstić information content (AvgIpc) is 2.71. The number of pyridine rings is 1. The van der Waals surface area contributed by atoms with Crippen molar-refractivity contribution < 1.29 is 21.6 Å². The molecule has 1 saturated heterocycles. The molecule has 1 N–H and O–H groups in total. The zero-order valence-electron chi connectivity index (χ0n) is 16.0. The Morgan fingerprint density at radius 1 is 1.03 bits per heavy atom. The van der Waals surface area contributed by atoms with Gasteiger partial charge in [0.2, 0.25) is 0 Å². The Morgan fingerprint density at radius 2 is 1.69 bits per heavy atom. The van der Waals surface area contributed by atoms with Gasteiger partial charge in [-0.1, -0.05) is 25.1 Å². The van der Waals surface area contributed by atoms with Crippen LogP contribution in [0.2, 0.25) is 0 Å². The van der Waals surface area contributed by atoms with Gasteiger partial charge in [-0.05, 0) is 18.7 Å². The fourth-order valence-corrected chi connectivity index (χ4v) is 4.53. The summed E-state index contributed by atoms with van der Waals surface area (Å²) < 4.78 is 68.5. The molecule has 2 aromatic rings. The van der Waals surface area contributed by atoms with Crippen LogP contribution in [0, 0.1) is 17.6 Å². The highest BCUT2D eigenvalue weighted by molar-refractivity contribution is 7.91. The van der Waals surface area contributed by atoms with Crippen LogP contribution in [0.25, 0.3) is 0 Å². The number of hydrogen-bond acceptors (Lipinski definition) is 6. The third-order valence-electron chi connectivity index (χ3n) is 4.88. The van der Waals surface area contributed by atoms with Crippen molar-refractivity contribution in [3.8, 4) is 0 Å². The molecule has 1 aromatic carbocycles. The van der Waals surface area contributed by atoms with Crippen molar-refractivity contribution in [1.29, 1.82) is 0 Å². The molecule has 0 unspecified atom stereocenters. The Hall–Kier alpha value is -2.33. The lowest BCUT2D eigenvalue weighted by atomic mass is 10.3. The Labute approximate surface area is 168 Å². The molecule has 0 radical (unpaired) electrons. The number of aromatic nitrogens is 1. The molecule has 1 aromatic heterocycles. The summed E-state index contributed by atoms with van der Waals surface area (Å²) in [4.78, 5) is 5.66. The maximum atomic E-state index is 15.0. The number of benzene rings is 1. The molecular formula is C19H23F3N4O2S. The summed E-state index contributed by atoms with van der Waals surface area (Å²) in [6.45, 7) is 4.60. The van der Waals surface area contributed by atoms with Crippen LogP contribution >= 0.6 is 0 Å². The normalized spacial score (nSPS) is 15.5. The number of halogens is 3. The topological polar surface area (TPSA) is 65.5 Å². The van der Waals surface area contributed by atoms with Crippen molar-refractivity contribution in [3.63, 3.8) is 0 Å². The second kappa shape index (κ2) is 9.00. The molecule has 0 atom stereocenters. The monoisotopic (exact) mass is 428 g/mol. The molecular weight excluding hydrogens is 405 g/mol. The molecule has 2 heterocycles. The first-order valence-corrected chi connectivity index (χ1v) is 11.0. The number of nitrogens with one attached hydrogen (secondary N) is 1. The zero-order valence-corrected chi connectivity index (χ0v) is 16.9. The highest BCUT2D eigenvalue weighted by Gasteiger charge is 2.32. The maximum absolute atomic E-state index is 15.0. The lowest BCUT2D eigenvalue weighted by molar-refractivity contribution is 0.269. The molecule has 6 nitrogen and oxygen atoms in total. The van der Waals surface area contributed by atoms with Gasteiger partial charge in [0.1, 0.15) is 4.90 Å². The highest BCUT2D eigenvalue weighted by Crippen LogP contribution is 2.29. The molecule has 0 saturated carbocycles. The van der Waals surface area contributed by atoms with Crippen molar-refractivity contribution in [2.45, 2.75) is 11.8 Å². The minimum absolute atomic E-state index is 0.0837. The van der Waals surface area contributed by atoms with E-state index in [1.807, 2.05) is 6.92 Å². The van der Waals surface area contributed by atoms with Crippen molar-refractivity contribution in [3.05, 3.63) is 47.9 Å². The SMILES string of the molecule is CCN1CCN(c2nc(F)c(F)c(S(=O)(=O)CCNc3ccccc3)c2F)CC1. The number of para-hydroxylation sites is 1.